The molecule has 3 nitrogen and oxygen atoms in total. The van der Waals surface area contributed by atoms with E-state index in [1.807, 2.05) is 0 Å². The van der Waals surface area contributed by atoms with Gasteiger partial charge in [0, 0.05) is 18.7 Å². The summed E-state index contributed by atoms with van der Waals surface area (Å²) in [6.45, 7) is 5.80. The SMILES string of the molecule is CC1(C)CCN(C(=O)c2ccc(C#CCN)cc2F)C1. The Morgan fingerprint density at radius 3 is 2.80 bits per heavy atom. The Bertz CT molecular complexity index is 584. The molecule has 20 heavy (non-hydrogen) atoms. The van der Waals surface area contributed by atoms with E-state index in [1.165, 1.54) is 12.1 Å². The molecule has 4 heteroatoms. The maximum Gasteiger partial charge on any atom is 0.256 e. The van der Waals surface area contributed by atoms with Gasteiger partial charge in [-0.1, -0.05) is 25.7 Å². The zero-order valence-corrected chi connectivity index (χ0v) is 11.9. The number of amides is 1. The van der Waals surface area contributed by atoms with Crippen LogP contribution < -0.4 is 5.73 Å². The minimum Gasteiger partial charge on any atom is -0.338 e. The van der Waals surface area contributed by atoms with Crippen molar-refractivity contribution in [2.75, 3.05) is 19.6 Å². The van der Waals surface area contributed by atoms with E-state index in [2.05, 4.69) is 25.7 Å². The second-order valence-electron chi connectivity index (χ2n) is 5.84. The first-order valence-corrected chi connectivity index (χ1v) is 6.71. The first-order valence-electron chi connectivity index (χ1n) is 6.71. The van der Waals surface area contributed by atoms with Crippen LogP contribution in [0.3, 0.4) is 0 Å². The van der Waals surface area contributed by atoms with Gasteiger partial charge in [-0.3, -0.25) is 4.79 Å². The average molecular weight is 274 g/mol. The fourth-order valence-electron chi connectivity index (χ4n) is 2.38. The van der Waals surface area contributed by atoms with Crippen LogP contribution in [0.4, 0.5) is 4.39 Å². The molecule has 1 aromatic carbocycles. The van der Waals surface area contributed by atoms with Crippen molar-refractivity contribution in [1.82, 2.24) is 4.90 Å². The lowest BCUT2D eigenvalue weighted by Gasteiger charge is -2.20. The number of carbonyl (C=O) groups excluding carboxylic acids is 1. The van der Waals surface area contributed by atoms with Gasteiger partial charge < -0.3 is 10.6 Å². The predicted molar refractivity (Wildman–Crippen MR) is 76.6 cm³/mol. The van der Waals surface area contributed by atoms with Crippen LogP contribution in [0.25, 0.3) is 0 Å². The standard InChI is InChI=1S/C16H19FN2O/c1-16(2)7-9-19(11-16)15(20)13-6-5-12(4-3-8-18)10-14(13)17/h5-6,10H,7-9,11,18H2,1-2H3. The van der Waals surface area contributed by atoms with Gasteiger partial charge >= 0.3 is 0 Å². The van der Waals surface area contributed by atoms with Crippen LogP contribution in [0.2, 0.25) is 0 Å². The van der Waals surface area contributed by atoms with Crippen LogP contribution >= 0.6 is 0 Å². The topological polar surface area (TPSA) is 46.3 Å². The van der Waals surface area contributed by atoms with Gasteiger partial charge in [-0.25, -0.2) is 4.39 Å². The highest BCUT2D eigenvalue weighted by atomic mass is 19.1. The molecule has 1 amide bonds. The number of benzene rings is 1. The maximum absolute atomic E-state index is 14.0. The molecule has 0 bridgehead atoms. The monoisotopic (exact) mass is 274 g/mol. The maximum atomic E-state index is 14.0. The highest BCUT2D eigenvalue weighted by Gasteiger charge is 2.33. The quantitative estimate of drug-likeness (QED) is 0.796. The summed E-state index contributed by atoms with van der Waals surface area (Å²) >= 11 is 0. The van der Waals surface area contributed by atoms with Gasteiger partial charge in [0.05, 0.1) is 12.1 Å². The molecular formula is C16H19FN2O. The molecular weight excluding hydrogens is 255 g/mol. The number of rotatable bonds is 1. The van der Waals surface area contributed by atoms with Crippen LogP contribution in [0.15, 0.2) is 18.2 Å². The van der Waals surface area contributed by atoms with Gasteiger partial charge in [0.1, 0.15) is 5.82 Å². The molecule has 1 fully saturated rings. The number of likely N-dealkylation sites (tertiary alicyclic amines) is 1. The molecule has 0 radical (unpaired) electrons. The third-order valence-electron chi connectivity index (χ3n) is 3.50. The zero-order valence-electron chi connectivity index (χ0n) is 11.9. The fraction of sp³-hybridized carbons (Fsp3) is 0.438. The highest BCUT2D eigenvalue weighted by molar-refractivity contribution is 5.94. The Labute approximate surface area is 119 Å². The summed E-state index contributed by atoms with van der Waals surface area (Å²) < 4.78 is 14.0. The lowest BCUT2D eigenvalue weighted by Crippen LogP contribution is -2.30. The molecule has 2 rings (SSSR count). The number of halogens is 1. The van der Waals surface area contributed by atoms with Crippen molar-refractivity contribution in [3.63, 3.8) is 0 Å². The first-order chi connectivity index (χ1) is 9.43. The summed E-state index contributed by atoms with van der Waals surface area (Å²) in [5.41, 5.74) is 6.03. The Balaban J connectivity index is 2.19. The molecule has 1 aliphatic rings. The van der Waals surface area contributed by atoms with Crippen molar-refractivity contribution in [3.05, 3.63) is 35.1 Å². The second-order valence-corrected chi connectivity index (χ2v) is 5.84. The summed E-state index contributed by atoms with van der Waals surface area (Å²) in [5.74, 6) is 4.65. The van der Waals surface area contributed by atoms with Gasteiger partial charge in [0.25, 0.3) is 5.91 Å². The lowest BCUT2D eigenvalue weighted by molar-refractivity contribution is 0.0773. The van der Waals surface area contributed by atoms with E-state index in [0.717, 1.165) is 6.42 Å². The summed E-state index contributed by atoms with van der Waals surface area (Å²) in [4.78, 5) is 14.0. The minimum atomic E-state index is -0.525. The molecule has 2 N–H and O–H groups in total. The van der Waals surface area contributed by atoms with Crippen molar-refractivity contribution in [3.8, 4) is 11.8 Å². The second kappa shape index (κ2) is 5.64. The number of carbonyl (C=O) groups is 1. The zero-order chi connectivity index (χ0) is 14.8. The van der Waals surface area contributed by atoms with E-state index in [9.17, 15) is 9.18 Å². The molecule has 1 heterocycles. The average Bonchev–Trinajstić information content (AvgIpc) is 2.76. The summed E-state index contributed by atoms with van der Waals surface area (Å²) in [7, 11) is 0. The van der Waals surface area contributed by atoms with E-state index in [0.29, 0.717) is 18.7 Å². The van der Waals surface area contributed by atoms with E-state index in [4.69, 9.17) is 5.73 Å². The normalized spacial score (nSPS) is 16.7. The number of hydrogen-bond donors (Lipinski definition) is 1. The van der Waals surface area contributed by atoms with Crippen LogP contribution in [0, 0.1) is 23.1 Å². The smallest absolute Gasteiger partial charge is 0.256 e. The van der Waals surface area contributed by atoms with Crippen LogP contribution in [0.5, 0.6) is 0 Å². The first kappa shape index (κ1) is 14.5. The predicted octanol–water partition coefficient (Wildman–Crippen LogP) is 2.01. The van der Waals surface area contributed by atoms with Crippen LogP contribution in [-0.4, -0.2) is 30.4 Å². The van der Waals surface area contributed by atoms with E-state index >= 15 is 0 Å². The molecule has 0 aliphatic carbocycles. The summed E-state index contributed by atoms with van der Waals surface area (Å²) in [6, 6.07) is 4.45. The van der Waals surface area contributed by atoms with Crippen molar-refractivity contribution in [2.45, 2.75) is 20.3 Å². The van der Waals surface area contributed by atoms with E-state index < -0.39 is 5.82 Å². The van der Waals surface area contributed by atoms with Crippen molar-refractivity contribution in [2.24, 2.45) is 11.1 Å². The van der Waals surface area contributed by atoms with Gasteiger partial charge in [0.2, 0.25) is 0 Å². The summed E-state index contributed by atoms with van der Waals surface area (Å²) in [5, 5.41) is 0. The van der Waals surface area contributed by atoms with Crippen LogP contribution in [0.1, 0.15) is 36.2 Å². The summed E-state index contributed by atoms with van der Waals surface area (Å²) in [6.07, 6.45) is 0.945. The molecule has 0 spiro atoms. The number of hydrogen-bond acceptors (Lipinski definition) is 2. The van der Waals surface area contributed by atoms with Crippen molar-refractivity contribution >= 4 is 5.91 Å². The molecule has 0 atom stereocenters. The van der Waals surface area contributed by atoms with Crippen LogP contribution in [-0.2, 0) is 0 Å². The Kier molecular flexibility index (Phi) is 4.10. The largest absolute Gasteiger partial charge is 0.338 e. The Morgan fingerprint density at radius 2 is 2.25 bits per heavy atom. The molecule has 0 aromatic heterocycles. The molecule has 0 unspecified atom stereocenters. The Morgan fingerprint density at radius 1 is 1.50 bits per heavy atom. The number of nitrogens with zero attached hydrogens (tertiary/aromatic N) is 1. The molecule has 1 aromatic rings. The van der Waals surface area contributed by atoms with Gasteiger partial charge in [-0.15, -0.1) is 0 Å². The minimum absolute atomic E-state index is 0.110. The molecule has 1 aliphatic heterocycles. The fourth-order valence-corrected chi connectivity index (χ4v) is 2.38. The van der Waals surface area contributed by atoms with Gasteiger partial charge in [-0.05, 0) is 30.0 Å². The molecule has 106 valence electrons. The third-order valence-corrected chi connectivity index (χ3v) is 3.50. The lowest BCUT2D eigenvalue weighted by atomic mass is 9.93. The highest BCUT2D eigenvalue weighted by Crippen LogP contribution is 2.30. The van der Waals surface area contributed by atoms with E-state index in [1.54, 1.807) is 11.0 Å². The Hall–Kier alpha value is -1.86. The van der Waals surface area contributed by atoms with Crippen molar-refractivity contribution < 1.29 is 9.18 Å². The van der Waals surface area contributed by atoms with Crippen molar-refractivity contribution in [1.29, 1.82) is 0 Å². The molecule has 1 saturated heterocycles. The third kappa shape index (κ3) is 3.17. The number of nitrogens with two attached hydrogens (primary N) is 1. The van der Waals surface area contributed by atoms with E-state index in [-0.39, 0.29) is 23.4 Å². The molecule has 0 saturated carbocycles. The van der Waals surface area contributed by atoms with Gasteiger partial charge in [0.15, 0.2) is 0 Å². The van der Waals surface area contributed by atoms with Gasteiger partial charge in [-0.2, -0.15) is 0 Å².